The fourth-order valence-electron chi connectivity index (χ4n) is 2.76. The number of ether oxygens (including phenoxy) is 2. The number of esters is 1. The number of aryl methyl sites for hydroxylation is 2. The first kappa shape index (κ1) is 16.4. The maximum Gasteiger partial charge on any atom is 0.305 e. The first-order valence-corrected chi connectivity index (χ1v) is 7.95. The van der Waals surface area contributed by atoms with E-state index >= 15 is 0 Å². The van der Waals surface area contributed by atoms with E-state index in [1.165, 1.54) is 16.6 Å². The zero-order valence-electron chi connectivity index (χ0n) is 13.7. The summed E-state index contributed by atoms with van der Waals surface area (Å²) in [7, 11) is 1.69. The van der Waals surface area contributed by atoms with Crippen molar-refractivity contribution < 1.29 is 14.3 Å². The number of aromatic nitrogens is 1. The number of fused-ring (bicyclic) bond motifs is 1. The zero-order valence-corrected chi connectivity index (χ0v) is 13.7. The van der Waals surface area contributed by atoms with Gasteiger partial charge in [0.25, 0.3) is 0 Å². The molecule has 0 atom stereocenters. The quantitative estimate of drug-likeness (QED) is 0.545. The Hall–Kier alpha value is -1.97. The largest absolute Gasteiger partial charge is 0.497 e. The summed E-state index contributed by atoms with van der Waals surface area (Å²) >= 11 is 0. The second-order valence-corrected chi connectivity index (χ2v) is 5.48. The molecule has 0 saturated heterocycles. The van der Waals surface area contributed by atoms with Crippen molar-refractivity contribution in [1.82, 2.24) is 4.57 Å². The Morgan fingerprint density at radius 1 is 1.18 bits per heavy atom. The van der Waals surface area contributed by atoms with Crippen molar-refractivity contribution in [3.05, 3.63) is 30.0 Å². The van der Waals surface area contributed by atoms with Crippen LogP contribution in [0.3, 0.4) is 0 Å². The summed E-state index contributed by atoms with van der Waals surface area (Å²) in [6.07, 6.45) is 3.52. The van der Waals surface area contributed by atoms with Crippen LogP contribution in [0.25, 0.3) is 10.9 Å². The lowest BCUT2D eigenvalue weighted by Crippen LogP contribution is -2.04. The molecule has 0 unspecified atom stereocenters. The van der Waals surface area contributed by atoms with Gasteiger partial charge in [0.15, 0.2) is 0 Å². The van der Waals surface area contributed by atoms with Gasteiger partial charge in [0.2, 0.25) is 0 Å². The van der Waals surface area contributed by atoms with Gasteiger partial charge in [0.1, 0.15) is 5.75 Å². The fourth-order valence-corrected chi connectivity index (χ4v) is 2.76. The molecule has 2 aromatic rings. The third-order valence-corrected chi connectivity index (χ3v) is 3.88. The van der Waals surface area contributed by atoms with E-state index in [1.54, 1.807) is 7.11 Å². The Bertz CT molecular complexity index is 631. The third kappa shape index (κ3) is 4.03. The lowest BCUT2D eigenvalue weighted by molar-refractivity contribution is -0.143. The predicted octanol–water partition coefficient (Wildman–Crippen LogP) is 4.08. The SMILES string of the molecule is CCOC(=O)CCCCCn1c(C)cc2cc(OC)ccc21. The third-order valence-electron chi connectivity index (χ3n) is 3.88. The summed E-state index contributed by atoms with van der Waals surface area (Å²) in [5, 5.41) is 1.21. The minimum Gasteiger partial charge on any atom is -0.497 e. The van der Waals surface area contributed by atoms with Crippen LogP contribution in [0.4, 0.5) is 0 Å². The summed E-state index contributed by atoms with van der Waals surface area (Å²) in [6, 6.07) is 8.37. The number of methoxy groups -OCH3 is 1. The van der Waals surface area contributed by atoms with Crippen LogP contribution in [0.1, 0.15) is 38.3 Å². The molecule has 0 bridgehead atoms. The number of unbranched alkanes of at least 4 members (excludes halogenated alkanes) is 2. The molecule has 0 saturated carbocycles. The first-order valence-electron chi connectivity index (χ1n) is 7.95. The number of rotatable bonds is 8. The van der Waals surface area contributed by atoms with Crippen molar-refractivity contribution >= 4 is 16.9 Å². The average Bonchev–Trinajstić information content (AvgIpc) is 2.82. The molecule has 1 aromatic heterocycles. The zero-order chi connectivity index (χ0) is 15.9. The summed E-state index contributed by atoms with van der Waals surface area (Å²) < 4.78 is 12.5. The van der Waals surface area contributed by atoms with Gasteiger partial charge in [-0.2, -0.15) is 0 Å². The van der Waals surface area contributed by atoms with Crippen LogP contribution in [0.5, 0.6) is 5.75 Å². The van der Waals surface area contributed by atoms with Crippen LogP contribution in [-0.4, -0.2) is 24.3 Å². The molecule has 2 rings (SSSR count). The molecule has 120 valence electrons. The van der Waals surface area contributed by atoms with E-state index in [-0.39, 0.29) is 5.97 Å². The van der Waals surface area contributed by atoms with Crippen molar-refractivity contribution in [2.75, 3.05) is 13.7 Å². The first-order chi connectivity index (χ1) is 10.7. The molecule has 0 N–H and O–H groups in total. The number of hydrogen-bond donors (Lipinski definition) is 0. The van der Waals surface area contributed by atoms with Gasteiger partial charge in [-0.25, -0.2) is 0 Å². The molecule has 0 amide bonds. The molecule has 0 aliphatic rings. The minimum absolute atomic E-state index is 0.0859. The predicted molar refractivity (Wildman–Crippen MR) is 88.3 cm³/mol. The highest BCUT2D eigenvalue weighted by molar-refractivity contribution is 5.82. The normalized spacial score (nSPS) is 10.9. The van der Waals surface area contributed by atoms with Gasteiger partial charge in [0.05, 0.1) is 13.7 Å². The Balaban J connectivity index is 1.89. The van der Waals surface area contributed by atoms with Gasteiger partial charge >= 0.3 is 5.97 Å². The van der Waals surface area contributed by atoms with Crippen molar-refractivity contribution in [2.24, 2.45) is 0 Å². The van der Waals surface area contributed by atoms with Crippen LogP contribution >= 0.6 is 0 Å². The summed E-state index contributed by atoms with van der Waals surface area (Å²) in [6.45, 7) is 5.42. The number of carbonyl (C=O) groups is 1. The highest BCUT2D eigenvalue weighted by atomic mass is 16.5. The molecule has 0 fully saturated rings. The average molecular weight is 303 g/mol. The Kier molecular flexibility index (Phi) is 5.87. The lowest BCUT2D eigenvalue weighted by Gasteiger charge is -2.08. The standard InChI is InChI=1S/C18H25NO3/c1-4-22-18(20)8-6-5-7-11-19-14(2)12-15-13-16(21-3)9-10-17(15)19/h9-10,12-13H,4-8,11H2,1-3H3. The monoisotopic (exact) mass is 303 g/mol. The van der Waals surface area contributed by atoms with Gasteiger partial charge in [0, 0.05) is 29.6 Å². The van der Waals surface area contributed by atoms with E-state index < -0.39 is 0 Å². The lowest BCUT2D eigenvalue weighted by atomic mass is 10.2. The summed E-state index contributed by atoms with van der Waals surface area (Å²) in [4.78, 5) is 11.3. The molecule has 1 aromatic carbocycles. The van der Waals surface area contributed by atoms with Crippen molar-refractivity contribution in [2.45, 2.75) is 46.1 Å². The number of hydrogen-bond acceptors (Lipinski definition) is 3. The van der Waals surface area contributed by atoms with Crippen LogP contribution < -0.4 is 4.74 Å². The molecule has 4 nitrogen and oxygen atoms in total. The van der Waals surface area contributed by atoms with E-state index in [0.29, 0.717) is 13.0 Å². The molecule has 22 heavy (non-hydrogen) atoms. The van der Waals surface area contributed by atoms with Crippen LogP contribution in [0.2, 0.25) is 0 Å². The van der Waals surface area contributed by atoms with E-state index in [1.807, 2.05) is 13.0 Å². The van der Waals surface area contributed by atoms with Gasteiger partial charge in [-0.3, -0.25) is 4.79 Å². The number of carbonyl (C=O) groups excluding carboxylic acids is 1. The van der Waals surface area contributed by atoms with Crippen molar-refractivity contribution in [1.29, 1.82) is 0 Å². The van der Waals surface area contributed by atoms with E-state index in [0.717, 1.165) is 31.6 Å². The topological polar surface area (TPSA) is 40.5 Å². The molecule has 0 radical (unpaired) electrons. The molecule has 0 spiro atoms. The van der Waals surface area contributed by atoms with E-state index in [9.17, 15) is 4.79 Å². The fraction of sp³-hybridized carbons (Fsp3) is 0.500. The molecular formula is C18H25NO3. The number of benzene rings is 1. The number of nitrogens with zero attached hydrogens (tertiary/aromatic N) is 1. The summed E-state index contributed by atoms with van der Waals surface area (Å²) in [5.74, 6) is 0.802. The maximum absolute atomic E-state index is 11.3. The van der Waals surface area contributed by atoms with Crippen molar-refractivity contribution in [3.63, 3.8) is 0 Å². The highest BCUT2D eigenvalue weighted by Crippen LogP contribution is 2.24. The molecule has 0 aliphatic heterocycles. The molecule has 0 aliphatic carbocycles. The van der Waals surface area contributed by atoms with Gasteiger partial charge in [-0.1, -0.05) is 6.42 Å². The van der Waals surface area contributed by atoms with E-state index in [2.05, 4.69) is 29.7 Å². The van der Waals surface area contributed by atoms with Crippen molar-refractivity contribution in [3.8, 4) is 5.75 Å². The summed E-state index contributed by atoms with van der Waals surface area (Å²) in [5.41, 5.74) is 2.50. The molecule has 1 heterocycles. The second kappa shape index (κ2) is 7.87. The Morgan fingerprint density at radius 2 is 2.00 bits per heavy atom. The van der Waals surface area contributed by atoms with Gasteiger partial charge < -0.3 is 14.0 Å². The Morgan fingerprint density at radius 3 is 2.73 bits per heavy atom. The Labute approximate surface area is 132 Å². The molecule has 4 heteroatoms. The smallest absolute Gasteiger partial charge is 0.305 e. The van der Waals surface area contributed by atoms with Gasteiger partial charge in [-0.05, 0) is 51.0 Å². The second-order valence-electron chi connectivity index (χ2n) is 5.48. The maximum atomic E-state index is 11.3. The minimum atomic E-state index is -0.0859. The van der Waals surface area contributed by atoms with Crippen LogP contribution in [0, 0.1) is 6.92 Å². The highest BCUT2D eigenvalue weighted by Gasteiger charge is 2.07. The van der Waals surface area contributed by atoms with E-state index in [4.69, 9.17) is 9.47 Å². The van der Waals surface area contributed by atoms with Gasteiger partial charge in [-0.15, -0.1) is 0 Å². The van der Waals surface area contributed by atoms with Crippen LogP contribution in [-0.2, 0) is 16.1 Å². The van der Waals surface area contributed by atoms with Crippen LogP contribution in [0.15, 0.2) is 24.3 Å². The molecular weight excluding hydrogens is 278 g/mol.